The second-order valence-corrected chi connectivity index (χ2v) is 6.05. The molecule has 0 amide bonds. The van der Waals surface area contributed by atoms with Crippen LogP contribution in [0.5, 0.6) is 0 Å². The van der Waals surface area contributed by atoms with Gasteiger partial charge < -0.3 is 5.32 Å². The molecule has 88 valence electrons. The van der Waals surface area contributed by atoms with Crippen molar-refractivity contribution in [2.75, 3.05) is 5.32 Å². The predicted molar refractivity (Wildman–Crippen MR) is 69.0 cm³/mol. The summed E-state index contributed by atoms with van der Waals surface area (Å²) in [6.45, 7) is 6.42. The van der Waals surface area contributed by atoms with Crippen LogP contribution >= 0.6 is 11.5 Å². The van der Waals surface area contributed by atoms with Gasteiger partial charge in [-0.25, -0.2) is 4.98 Å². The Bertz CT molecular complexity index is 376. The highest BCUT2D eigenvalue weighted by molar-refractivity contribution is 7.09. The first kappa shape index (κ1) is 11.6. The Hall–Kier alpha value is -0.900. The summed E-state index contributed by atoms with van der Waals surface area (Å²) in [6.07, 6.45) is 7.96. The van der Waals surface area contributed by atoms with Crippen LogP contribution in [0.4, 0.5) is 5.13 Å². The molecule has 4 heteroatoms. The van der Waals surface area contributed by atoms with E-state index in [0.29, 0.717) is 6.04 Å². The lowest BCUT2D eigenvalue weighted by Crippen LogP contribution is -2.20. The average molecular weight is 237 g/mol. The van der Waals surface area contributed by atoms with Crippen LogP contribution in [0, 0.1) is 0 Å². The van der Waals surface area contributed by atoms with Gasteiger partial charge in [-0.1, -0.05) is 32.9 Å². The maximum Gasteiger partial charge on any atom is 0.202 e. The third kappa shape index (κ3) is 2.82. The molecule has 1 unspecified atom stereocenters. The standard InChI is InChI=1S/C12H19N3S/c1-12(2,3)10-14-11(16-15-10)13-9-7-5-4-6-8-9/h4-5,9H,6-8H2,1-3H3,(H,13,14,15). The maximum absolute atomic E-state index is 4.55. The topological polar surface area (TPSA) is 37.8 Å². The summed E-state index contributed by atoms with van der Waals surface area (Å²) in [5, 5.41) is 4.43. The first-order valence-corrected chi connectivity index (χ1v) is 6.59. The number of rotatable bonds is 2. The highest BCUT2D eigenvalue weighted by Gasteiger charge is 2.20. The number of allylic oxidation sites excluding steroid dienone is 1. The highest BCUT2D eigenvalue weighted by atomic mass is 32.1. The Balaban J connectivity index is 2.00. The zero-order valence-electron chi connectivity index (χ0n) is 10.2. The van der Waals surface area contributed by atoms with Gasteiger partial charge in [0, 0.05) is 23.0 Å². The lowest BCUT2D eigenvalue weighted by molar-refractivity contribution is 0.554. The molecule has 1 N–H and O–H groups in total. The van der Waals surface area contributed by atoms with E-state index in [4.69, 9.17) is 0 Å². The summed E-state index contributed by atoms with van der Waals surface area (Å²) in [5.41, 5.74) is 0.0445. The summed E-state index contributed by atoms with van der Waals surface area (Å²) in [4.78, 5) is 4.55. The van der Waals surface area contributed by atoms with Crippen LogP contribution < -0.4 is 5.32 Å². The lowest BCUT2D eigenvalue weighted by Gasteiger charge is -2.18. The van der Waals surface area contributed by atoms with Crippen molar-refractivity contribution in [3.63, 3.8) is 0 Å². The Morgan fingerprint density at radius 3 is 2.75 bits per heavy atom. The van der Waals surface area contributed by atoms with Crippen molar-refractivity contribution in [1.82, 2.24) is 9.36 Å². The maximum atomic E-state index is 4.55. The number of hydrogen-bond donors (Lipinski definition) is 1. The first-order valence-electron chi connectivity index (χ1n) is 5.81. The van der Waals surface area contributed by atoms with Crippen molar-refractivity contribution in [1.29, 1.82) is 0 Å². The van der Waals surface area contributed by atoms with Gasteiger partial charge in [-0.3, -0.25) is 0 Å². The van der Waals surface area contributed by atoms with Gasteiger partial charge in [0.05, 0.1) is 0 Å². The molecule has 3 nitrogen and oxygen atoms in total. The molecule has 0 fully saturated rings. The van der Waals surface area contributed by atoms with E-state index in [1.54, 1.807) is 0 Å². The molecule has 0 radical (unpaired) electrons. The number of nitrogens with zero attached hydrogens (tertiary/aromatic N) is 2. The fraction of sp³-hybridized carbons (Fsp3) is 0.667. The normalized spacial score (nSPS) is 21.1. The third-order valence-corrected chi connectivity index (χ3v) is 3.34. The molecule has 0 spiro atoms. The monoisotopic (exact) mass is 237 g/mol. The lowest BCUT2D eigenvalue weighted by atomic mass is 9.96. The molecule has 1 aromatic rings. The van der Waals surface area contributed by atoms with E-state index in [9.17, 15) is 0 Å². The molecule has 16 heavy (non-hydrogen) atoms. The van der Waals surface area contributed by atoms with Gasteiger partial charge in [-0.15, -0.1) is 0 Å². The molecule has 0 aromatic carbocycles. The predicted octanol–water partition coefficient (Wildman–Crippen LogP) is 3.36. The molecular formula is C12H19N3S. The summed E-state index contributed by atoms with van der Waals surface area (Å²) >= 11 is 1.47. The second kappa shape index (κ2) is 4.53. The molecule has 0 saturated heterocycles. The minimum absolute atomic E-state index is 0.0445. The smallest absolute Gasteiger partial charge is 0.202 e. The number of nitrogens with one attached hydrogen (secondary N) is 1. The van der Waals surface area contributed by atoms with Crippen LogP contribution in [0.25, 0.3) is 0 Å². The fourth-order valence-corrected chi connectivity index (χ4v) is 2.52. The van der Waals surface area contributed by atoms with Gasteiger partial charge in [-0.05, 0) is 19.3 Å². The van der Waals surface area contributed by atoms with Crippen molar-refractivity contribution in [3.05, 3.63) is 18.0 Å². The molecule has 0 saturated carbocycles. The highest BCUT2D eigenvalue weighted by Crippen LogP contribution is 2.24. The zero-order valence-corrected chi connectivity index (χ0v) is 11.0. The van der Waals surface area contributed by atoms with Crippen LogP contribution in [0.2, 0.25) is 0 Å². The van der Waals surface area contributed by atoms with Crippen LogP contribution in [0.15, 0.2) is 12.2 Å². The molecule has 0 bridgehead atoms. The number of hydrogen-bond acceptors (Lipinski definition) is 4. The molecule has 0 aliphatic heterocycles. The summed E-state index contributed by atoms with van der Waals surface area (Å²) < 4.78 is 4.40. The van der Waals surface area contributed by atoms with Gasteiger partial charge in [0.15, 0.2) is 0 Å². The molecule has 1 heterocycles. The van der Waals surface area contributed by atoms with Crippen LogP contribution in [0.1, 0.15) is 45.9 Å². The number of anilines is 1. The second-order valence-electron chi connectivity index (χ2n) is 5.30. The molecule has 1 atom stereocenters. The van der Waals surface area contributed by atoms with Gasteiger partial charge in [0.25, 0.3) is 0 Å². The minimum atomic E-state index is 0.0445. The Morgan fingerprint density at radius 1 is 1.38 bits per heavy atom. The summed E-state index contributed by atoms with van der Waals surface area (Å²) in [5.74, 6) is 0.936. The molecule has 2 rings (SSSR count). The van der Waals surface area contributed by atoms with Gasteiger partial charge in [0.1, 0.15) is 5.82 Å². The van der Waals surface area contributed by atoms with Gasteiger partial charge in [-0.2, -0.15) is 4.37 Å². The Kier molecular flexibility index (Phi) is 3.28. The van der Waals surface area contributed by atoms with E-state index in [0.717, 1.165) is 17.4 Å². The Labute approximate surface area is 101 Å². The van der Waals surface area contributed by atoms with Gasteiger partial charge in [0.2, 0.25) is 5.13 Å². The van der Waals surface area contributed by atoms with Crippen molar-refractivity contribution in [2.24, 2.45) is 0 Å². The van der Waals surface area contributed by atoms with E-state index in [2.05, 4.69) is 47.6 Å². The molecule has 1 aliphatic carbocycles. The average Bonchev–Trinajstić information content (AvgIpc) is 2.67. The molecule has 1 aromatic heterocycles. The van der Waals surface area contributed by atoms with Crippen LogP contribution in [-0.4, -0.2) is 15.4 Å². The fourth-order valence-electron chi connectivity index (χ4n) is 1.69. The van der Waals surface area contributed by atoms with E-state index >= 15 is 0 Å². The van der Waals surface area contributed by atoms with Crippen molar-refractivity contribution < 1.29 is 0 Å². The van der Waals surface area contributed by atoms with E-state index in [1.807, 2.05) is 0 Å². The minimum Gasteiger partial charge on any atom is -0.357 e. The first-order chi connectivity index (χ1) is 7.55. The van der Waals surface area contributed by atoms with Crippen molar-refractivity contribution in [2.45, 2.75) is 51.5 Å². The third-order valence-electron chi connectivity index (χ3n) is 2.69. The molecule has 1 aliphatic rings. The largest absolute Gasteiger partial charge is 0.357 e. The summed E-state index contributed by atoms with van der Waals surface area (Å²) in [7, 11) is 0. The van der Waals surface area contributed by atoms with Crippen LogP contribution in [-0.2, 0) is 5.41 Å². The van der Waals surface area contributed by atoms with E-state index in [1.165, 1.54) is 24.4 Å². The summed E-state index contributed by atoms with van der Waals surface area (Å²) in [6, 6.07) is 0.533. The van der Waals surface area contributed by atoms with Gasteiger partial charge >= 0.3 is 0 Å². The molecular weight excluding hydrogens is 218 g/mol. The van der Waals surface area contributed by atoms with E-state index < -0.39 is 0 Å². The Morgan fingerprint density at radius 2 is 2.19 bits per heavy atom. The van der Waals surface area contributed by atoms with Crippen LogP contribution in [0.3, 0.4) is 0 Å². The quantitative estimate of drug-likeness (QED) is 0.801. The zero-order chi connectivity index (χ0) is 11.6. The van der Waals surface area contributed by atoms with E-state index in [-0.39, 0.29) is 5.41 Å². The van der Waals surface area contributed by atoms with Crippen molar-refractivity contribution >= 4 is 16.7 Å². The SMILES string of the molecule is CC(C)(C)c1nsc(NC2CC=CCC2)n1. The number of aromatic nitrogens is 2. The van der Waals surface area contributed by atoms with Crippen molar-refractivity contribution in [3.8, 4) is 0 Å².